The summed E-state index contributed by atoms with van der Waals surface area (Å²) in [4.78, 5) is 27.6. The van der Waals surface area contributed by atoms with Gasteiger partial charge in [-0.2, -0.15) is 0 Å². The third-order valence-electron chi connectivity index (χ3n) is 8.15. The number of hydrogen-bond acceptors (Lipinski definition) is 8. The van der Waals surface area contributed by atoms with Crippen LogP contribution in [0.15, 0.2) is 102 Å². The van der Waals surface area contributed by atoms with Crippen LogP contribution in [0.1, 0.15) is 53.4 Å². The van der Waals surface area contributed by atoms with E-state index in [1.54, 1.807) is 30.1 Å². The van der Waals surface area contributed by atoms with Crippen molar-refractivity contribution in [1.29, 1.82) is 0 Å². The van der Waals surface area contributed by atoms with E-state index >= 15 is 0 Å². The van der Waals surface area contributed by atoms with Gasteiger partial charge in [0, 0.05) is 35.7 Å². The maximum atomic E-state index is 14.1. The first-order valence-corrected chi connectivity index (χ1v) is 18.1. The van der Waals surface area contributed by atoms with Crippen molar-refractivity contribution in [3.8, 4) is 34.0 Å². The van der Waals surface area contributed by atoms with Crippen LogP contribution in [-0.4, -0.2) is 56.2 Å². The highest BCUT2D eigenvalue weighted by Crippen LogP contribution is 2.37. The Morgan fingerprint density at radius 2 is 1.64 bits per heavy atom. The first-order valence-electron chi connectivity index (χ1n) is 17.1. The molecule has 0 spiro atoms. The molecular formula is C39H42BFN4O4S. The Balaban J connectivity index is 1.39. The number of halogens is 1. The molecule has 6 rings (SSSR count). The van der Waals surface area contributed by atoms with Crippen LogP contribution in [0.2, 0.25) is 0 Å². The second kappa shape index (κ2) is 16.1. The molecule has 50 heavy (non-hydrogen) atoms. The number of imidazole rings is 1. The number of thioether (sulfide) groups is 1. The van der Waals surface area contributed by atoms with Crippen LogP contribution in [0.4, 0.5) is 4.39 Å². The molecule has 1 fully saturated rings. The van der Waals surface area contributed by atoms with E-state index in [0.717, 1.165) is 46.0 Å². The standard InChI is InChI=1S/C39H42BFN4O4S/c1-5-24-50-38-42-22-20-33(43-38)36-35(27-16-18-30(41)19-17-27)44-37(28-12-8-6-9-13-28)45(36)23-21-31-25-32(26-34(46)47-39(2,3)4)49-40(48-31)29-14-10-7-11-15-29/h6-20,22,31-32H,5,21,23-26H2,1-4H3/t31-,32-/m1/s1. The minimum atomic E-state index is -0.631. The molecule has 258 valence electrons. The molecule has 8 nitrogen and oxygen atoms in total. The second-order valence-electron chi connectivity index (χ2n) is 13.3. The fourth-order valence-electron chi connectivity index (χ4n) is 6.00. The zero-order valence-electron chi connectivity index (χ0n) is 28.9. The highest BCUT2D eigenvalue weighted by Gasteiger charge is 2.37. The lowest BCUT2D eigenvalue weighted by Gasteiger charge is -2.35. The van der Waals surface area contributed by atoms with Crippen molar-refractivity contribution in [2.75, 3.05) is 5.75 Å². The van der Waals surface area contributed by atoms with E-state index < -0.39 is 12.7 Å². The molecule has 3 heterocycles. The van der Waals surface area contributed by atoms with Crippen LogP contribution in [0.5, 0.6) is 0 Å². The summed E-state index contributed by atoms with van der Waals surface area (Å²) in [6.45, 7) is 8.24. The second-order valence-corrected chi connectivity index (χ2v) is 14.4. The maximum absolute atomic E-state index is 14.1. The molecule has 11 heteroatoms. The Morgan fingerprint density at radius 1 is 0.940 bits per heavy atom. The molecule has 3 aromatic carbocycles. The van der Waals surface area contributed by atoms with Crippen molar-refractivity contribution >= 4 is 30.3 Å². The van der Waals surface area contributed by atoms with Gasteiger partial charge < -0.3 is 18.6 Å². The molecule has 0 saturated carbocycles. The Labute approximate surface area is 298 Å². The van der Waals surface area contributed by atoms with Crippen molar-refractivity contribution in [2.45, 2.75) is 82.9 Å². The average Bonchev–Trinajstić information content (AvgIpc) is 3.49. The lowest BCUT2D eigenvalue weighted by Crippen LogP contribution is -2.49. The van der Waals surface area contributed by atoms with Gasteiger partial charge in [-0.3, -0.25) is 4.79 Å². The predicted octanol–water partition coefficient (Wildman–Crippen LogP) is 8.01. The predicted molar refractivity (Wildman–Crippen MR) is 196 cm³/mol. The van der Waals surface area contributed by atoms with Crippen LogP contribution < -0.4 is 5.46 Å². The van der Waals surface area contributed by atoms with Gasteiger partial charge in [0.05, 0.1) is 29.6 Å². The summed E-state index contributed by atoms with van der Waals surface area (Å²) in [6, 6.07) is 28.1. The summed E-state index contributed by atoms with van der Waals surface area (Å²) in [6.07, 6.45) is 3.39. The number of ether oxygens (including phenoxy) is 1. The minimum Gasteiger partial charge on any atom is -0.460 e. The molecule has 2 aromatic heterocycles. The van der Waals surface area contributed by atoms with E-state index in [9.17, 15) is 9.18 Å². The number of hydrogen-bond donors (Lipinski definition) is 0. The molecule has 0 unspecified atom stereocenters. The van der Waals surface area contributed by atoms with Gasteiger partial charge in [0.15, 0.2) is 5.16 Å². The Morgan fingerprint density at radius 3 is 2.34 bits per heavy atom. The smallest absolute Gasteiger partial charge is 0.460 e. The van der Waals surface area contributed by atoms with E-state index in [1.165, 1.54) is 12.1 Å². The number of carbonyl (C=O) groups is 1. The monoisotopic (exact) mass is 692 g/mol. The topological polar surface area (TPSA) is 88.4 Å². The van der Waals surface area contributed by atoms with Gasteiger partial charge in [-0.25, -0.2) is 19.3 Å². The van der Waals surface area contributed by atoms with E-state index in [4.69, 9.17) is 24.0 Å². The molecule has 0 radical (unpaired) electrons. The Bertz CT molecular complexity index is 1870. The van der Waals surface area contributed by atoms with E-state index in [1.807, 2.05) is 87.5 Å². The van der Waals surface area contributed by atoms with Crippen LogP contribution >= 0.6 is 11.8 Å². The fraction of sp³-hybridized carbons (Fsp3) is 0.333. The van der Waals surface area contributed by atoms with Crippen LogP contribution in [0, 0.1) is 5.82 Å². The first kappa shape index (κ1) is 35.5. The van der Waals surface area contributed by atoms with Gasteiger partial charge in [-0.1, -0.05) is 79.3 Å². The Kier molecular flexibility index (Phi) is 11.5. The maximum Gasteiger partial charge on any atom is 0.494 e. The van der Waals surface area contributed by atoms with Gasteiger partial charge in [0.2, 0.25) is 0 Å². The number of rotatable bonds is 12. The first-order chi connectivity index (χ1) is 24.2. The van der Waals surface area contributed by atoms with Gasteiger partial charge >= 0.3 is 13.1 Å². The molecule has 0 bridgehead atoms. The van der Waals surface area contributed by atoms with Crippen molar-refractivity contribution in [1.82, 2.24) is 19.5 Å². The van der Waals surface area contributed by atoms with Gasteiger partial charge in [0.25, 0.3) is 0 Å². The molecule has 1 saturated heterocycles. The van der Waals surface area contributed by atoms with Crippen LogP contribution in [0.3, 0.4) is 0 Å². The third-order valence-corrected chi connectivity index (χ3v) is 9.21. The summed E-state index contributed by atoms with van der Waals surface area (Å²) < 4.78 is 34.9. The largest absolute Gasteiger partial charge is 0.494 e. The molecule has 0 aliphatic carbocycles. The van der Waals surface area contributed by atoms with Crippen molar-refractivity contribution in [3.05, 3.63) is 103 Å². The molecule has 5 aromatic rings. The normalized spacial score (nSPS) is 16.4. The minimum absolute atomic E-state index is 0.125. The molecule has 2 atom stereocenters. The molecular weight excluding hydrogens is 650 g/mol. The number of esters is 1. The lowest BCUT2D eigenvalue weighted by molar-refractivity contribution is -0.157. The highest BCUT2D eigenvalue weighted by molar-refractivity contribution is 7.99. The summed E-state index contributed by atoms with van der Waals surface area (Å²) >= 11 is 1.61. The molecule has 1 aliphatic heterocycles. The lowest BCUT2D eigenvalue weighted by atomic mass is 9.76. The van der Waals surface area contributed by atoms with E-state index in [-0.39, 0.29) is 30.4 Å². The average molecular weight is 693 g/mol. The van der Waals surface area contributed by atoms with Crippen molar-refractivity contribution in [2.24, 2.45) is 0 Å². The number of nitrogens with zero attached hydrogens (tertiary/aromatic N) is 4. The van der Waals surface area contributed by atoms with E-state index in [0.29, 0.717) is 30.2 Å². The fourth-order valence-corrected chi connectivity index (χ4v) is 6.68. The quantitative estimate of drug-likeness (QED) is 0.0563. The number of aromatic nitrogens is 4. The molecule has 0 amide bonds. The summed E-state index contributed by atoms with van der Waals surface area (Å²) in [5, 5.41) is 0.687. The highest BCUT2D eigenvalue weighted by atomic mass is 32.2. The van der Waals surface area contributed by atoms with Crippen molar-refractivity contribution < 1.29 is 23.2 Å². The van der Waals surface area contributed by atoms with Gasteiger partial charge in [-0.05, 0) is 75.8 Å². The summed E-state index contributed by atoms with van der Waals surface area (Å²) in [5.41, 5.74) is 4.25. The van der Waals surface area contributed by atoms with Gasteiger partial charge in [0.1, 0.15) is 17.2 Å². The van der Waals surface area contributed by atoms with Crippen LogP contribution in [-0.2, 0) is 25.4 Å². The zero-order chi connectivity index (χ0) is 35.1. The third kappa shape index (κ3) is 9.07. The number of carbonyl (C=O) groups excluding carboxylic acids is 1. The van der Waals surface area contributed by atoms with E-state index in [2.05, 4.69) is 16.5 Å². The zero-order valence-corrected chi connectivity index (χ0v) is 29.7. The van der Waals surface area contributed by atoms with Crippen LogP contribution in [0.25, 0.3) is 34.0 Å². The Hall–Kier alpha value is -4.32. The molecule has 0 N–H and O–H groups in total. The molecule has 1 aliphatic rings. The summed E-state index contributed by atoms with van der Waals surface area (Å²) in [7, 11) is -0.631. The summed E-state index contributed by atoms with van der Waals surface area (Å²) in [5.74, 6) is 1.04. The van der Waals surface area contributed by atoms with Crippen molar-refractivity contribution in [3.63, 3.8) is 0 Å². The van der Waals surface area contributed by atoms with Gasteiger partial charge in [-0.15, -0.1) is 0 Å². The SMILES string of the molecule is CCCSc1nccc(-c2c(-c3ccc(F)cc3)nc(-c3ccccc3)n2CC[C@@H]2C[C@H](CC(=O)OC(C)(C)C)OB(c3ccccc3)O2)n1. The number of benzene rings is 3.